The summed E-state index contributed by atoms with van der Waals surface area (Å²) in [5.74, 6) is -0.220. The molecular formula is C7H12BrFO. The zero-order valence-corrected chi connectivity index (χ0v) is 7.77. The van der Waals surface area contributed by atoms with Crippen LogP contribution in [0.5, 0.6) is 0 Å². The number of carbonyl (C=O) groups is 1. The van der Waals surface area contributed by atoms with Gasteiger partial charge in [-0.05, 0) is 6.42 Å². The Balaban J connectivity index is 3.80. The highest BCUT2D eigenvalue weighted by molar-refractivity contribution is 9.09. The Hall–Kier alpha value is 0.0800. The third-order valence-corrected chi connectivity index (χ3v) is 3.07. The van der Waals surface area contributed by atoms with Crippen molar-refractivity contribution < 1.29 is 9.18 Å². The summed E-state index contributed by atoms with van der Waals surface area (Å²) in [7, 11) is 0. The van der Waals surface area contributed by atoms with E-state index in [4.69, 9.17) is 0 Å². The topological polar surface area (TPSA) is 17.1 Å². The Morgan fingerprint density at radius 1 is 1.70 bits per heavy atom. The predicted octanol–water partition coefficient (Wildman–Crippen LogP) is 2.33. The lowest BCUT2D eigenvalue weighted by Crippen LogP contribution is -2.22. The zero-order chi connectivity index (χ0) is 8.15. The van der Waals surface area contributed by atoms with E-state index in [1.165, 1.54) is 0 Å². The van der Waals surface area contributed by atoms with Crippen molar-refractivity contribution in [2.45, 2.75) is 31.3 Å². The summed E-state index contributed by atoms with van der Waals surface area (Å²) in [4.78, 5) is 10.1. The lowest BCUT2D eigenvalue weighted by Gasteiger charge is -2.16. The molecule has 0 N–H and O–H groups in total. The van der Waals surface area contributed by atoms with E-state index in [2.05, 4.69) is 15.9 Å². The highest BCUT2D eigenvalue weighted by Gasteiger charge is 2.21. The first-order valence-electron chi connectivity index (χ1n) is 3.36. The van der Waals surface area contributed by atoms with Gasteiger partial charge in [0.15, 0.2) is 12.5 Å². The fourth-order valence-corrected chi connectivity index (χ4v) is 0.987. The quantitative estimate of drug-likeness (QED) is 0.515. The molecule has 0 rings (SSSR count). The van der Waals surface area contributed by atoms with Crippen molar-refractivity contribution in [3.05, 3.63) is 0 Å². The lowest BCUT2D eigenvalue weighted by atomic mass is 10.0. The number of hydrogen-bond donors (Lipinski definition) is 0. The molecule has 0 aliphatic rings. The summed E-state index contributed by atoms with van der Waals surface area (Å²) in [6.07, 6.45) is -0.131. The molecular weight excluding hydrogens is 199 g/mol. The van der Waals surface area contributed by atoms with Gasteiger partial charge in [0.2, 0.25) is 0 Å². The molecule has 10 heavy (non-hydrogen) atoms. The summed E-state index contributed by atoms with van der Waals surface area (Å²) in [5.41, 5.74) is 0. The van der Waals surface area contributed by atoms with E-state index in [0.717, 1.165) is 6.42 Å². The summed E-state index contributed by atoms with van der Waals surface area (Å²) in [6.45, 7) is 3.68. The molecule has 0 unspecified atom stereocenters. The van der Waals surface area contributed by atoms with Crippen LogP contribution in [0, 0.1) is 5.92 Å². The second kappa shape index (κ2) is 4.83. The molecule has 0 aromatic rings. The maximum absolute atomic E-state index is 12.6. The van der Waals surface area contributed by atoms with Crippen LogP contribution < -0.4 is 0 Å². The Kier molecular flexibility index (Phi) is 4.87. The number of rotatable bonds is 4. The first-order valence-corrected chi connectivity index (χ1v) is 4.28. The van der Waals surface area contributed by atoms with E-state index < -0.39 is 6.17 Å². The molecule has 0 spiro atoms. The van der Waals surface area contributed by atoms with Crippen molar-refractivity contribution in [2.75, 3.05) is 0 Å². The standard InChI is InChI=1S/C7H12BrFO/c1-3-6(8)5(2)7(9)4-10/h4-7H,3H2,1-2H3/t5-,6+,7-/m1/s1. The SMILES string of the molecule is CC[C@H](Br)[C@@H](C)[C@H](F)C=O. The second-order valence-electron chi connectivity index (χ2n) is 2.36. The van der Waals surface area contributed by atoms with Crippen molar-refractivity contribution in [3.63, 3.8) is 0 Å². The molecule has 0 saturated carbocycles. The van der Waals surface area contributed by atoms with E-state index in [-0.39, 0.29) is 10.7 Å². The monoisotopic (exact) mass is 210 g/mol. The van der Waals surface area contributed by atoms with Crippen LogP contribution in [0.2, 0.25) is 0 Å². The van der Waals surface area contributed by atoms with Crippen LogP contribution in [0.15, 0.2) is 0 Å². The molecule has 3 atom stereocenters. The molecule has 0 saturated heterocycles. The van der Waals surface area contributed by atoms with Gasteiger partial charge in [-0.1, -0.05) is 29.8 Å². The van der Waals surface area contributed by atoms with Gasteiger partial charge in [0.1, 0.15) is 0 Å². The van der Waals surface area contributed by atoms with E-state index in [0.29, 0.717) is 6.29 Å². The Labute approximate surface area is 69.1 Å². The van der Waals surface area contributed by atoms with Gasteiger partial charge in [-0.15, -0.1) is 0 Å². The fraction of sp³-hybridized carbons (Fsp3) is 0.857. The largest absolute Gasteiger partial charge is 0.300 e. The van der Waals surface area contributed by atoms with Gasteiger partial charge < -0.3 is 4.79 Å². The first-order chi connectivity index (χ1) is 4.63. The average Bonchev–Trinajstić information content (AvgIpc) is 2.00. The third kappa shape index (κ3) is 2.78. The molecule has 0 aromatic carbocycles. The minimum Gasteiger partial charge on any atom is -0.300 e. The van der Waals surface area contributed by atoms with Crippen LogP contribution in [0.3, 0.4) is 0 Å². The van der Waals surface area contributed by atoms with E-state index in [1.54, 1.807) is 6.92 Å². The van der Waals surface area contributed by atoms with Gasteiger partial charge in [-0.25, -0.2) is 4.39 Å². The van der Waals surface area contributed by atoms with Gasteiger partial charge in [0.25, 0.3) is 0 Å². The lowest BCUT2D eigenvalue weighted by molar-refractivity contribution is -0.113. The summed E-state index contributed by atoms with van der Waals surface area (Å²) >= 11 is 3.28. The van der Waals surface area contributed by atoms with E-state index in [9.17, 15) is 9.18 Å². The van der Waals surface area contributed by atoms with Crippen LogP contribution in [0.4, 0.5) is 4.39 Å². The van der Waals surface area contributed by atoms with Gasteiger partial charge in [0, 0.05) is 10.7 Å². The Morgan fingerprint density at radius 3 is 2.50 bits per heavy atom. The molecule has 0 fully saturated rings. The maximum Gasteiger partial charge on any atom is 0.159 e. The predicted molar refractivity (Wildman–Crippen MR) is 43.1 cm³/mol. The zero-order valence-electron chi connectivity index (χ0n) is 6.18. The summed E-state index contributed by atoms with van der Waals surface area (Å²) in [5, 5.41) is 0. The van der Waals surface area contributed by atoms with E-state index >= 15 is 0 Å². The van der Waals surface area contributed by atoms with Crippen molar-refractivity contribution in [1.82, 2.24) is 0 Å². The third-order valence-electron chi connectivity index (χ3n) is 1.59. The number of alkyl halides is 2. The number of aldehydes is 1. The van der Waals surface area contributed by atoms with Crippen LogP contribution >= 0.6 is 15.9 Å². The molecule has 0 aliphatic carbocycles. The van der Waals surface area contributed by atoms with Crippen LogP contribution in [0.1, 0.15) is 20.3 Å². The summed E-state index contributed by atoms with van der Waals surface area (Å²) < 4.78 is 12.6. The molecule has 3 heteroatoms. The first kappa shape index (κ1) is 10.1. The van der Waals surface area contributed by atoms with E-state index in [1.807, 2.05) is 6.92 Å². The molecule has 0 aliphatic heterocycles. The molecule has 0 aromatic heterocycles. The minimum absolute atomic E-state index is 0.104. The van der Waals surface area contributed by atoms with Crippen LogP contribution in [0.25, 0.3) is 0 Å². The number of halogens is 2. The average molecular weight is 211 g/mol. The van der Waals surface area contributed by atoms with Gasteiger partial charge in [-0.3, -0.25) is 0 Å². The van der Waals surface area contributed by atoms with Crippen LogP contribution in [-0.4, -0.2) is 17.3 Å². The van der Waals surface area contributed by atoms with Crippen molar-refractivity contribution in [1.29, 1.82) is 0 Å². The highest BCUT2D eigenvalue weighted by Crippen LogP contribution is 2.20. The molecule has 60 valence electrons. The second-order valence-corrected chi connectivity index (χ2v) is 3.54. The van der Waals surface area contributed by atoms with Crippen molar-refractivity contribution in [2.24, 2.45) is 5.92 Å². The number of hydrogen-bond acceptors (Lipinski definition) is 1. The van der Waals surface area contributed by atoms with Crippen LogP contribution in [-0.2, 0) is 4.79 Å². The van der Waals surface area contributed by atoms with Crippen molar-refractivity contribution >= 4 is 22.2 Å². The molecule has 0 bridgehead atoms. The molecule has 0 amide bonds. The minimum atomic E-state index is -1.33. The van der Waals surface area contributed by atoms with Crippen molar-refractivity contribution in [3.8, 4) is 0 Å². The van der Waals surface area contributed by atoms with Gasteiger partial charge >= 0.3 is 0 Å². The Bertz CT molecular complexity index is 108. The normalized spacial score (nSPS) is 19.6. The van der Waals surface area contributed by atoms with Gasteiger partial charge in [-0.2, -0.15) is 0 Å². The highest BCUT2D eigenvalue weighted by atomic mass is 79.9. The molecule has 1 nitrogen and oxygen atoms in total. The Morgan fingerprint density at radius 2 is 2.20 bits per heavy atom. The smallest absolute Gasteiger partial charge is 0.159 e. The molecule has 0 heterocycles. The molecule has 0 radical (unpaired) electrons. The van der Waals surface area contributed by atoms with Gasteiger partial charge in [0.05, 0.1) is 0 Å². The maximum atomic E-state index is 12.6. The number of carbonyl (C=O) groups excluding carboxylic acids is 1. The summed E-state index contributed by atoms with van der Waals surface area (Å²) in [6, 6.07) is 0. The fourth-order valence-electron chi connectivity index (χ4n) is 0.695.